The highest BCUT2D eigenvalue weighted by Gasteiger charge is 2.36. The fraction of sp³-hybridized carbons (Fsp3) is 0.227. The molecule has 1 saturated heterocycles. The first-order chi connectivity index (χ1) is 15.3. The number of amides is 2. The maximum absolute atomic E-state index is 13.8. The summed E-state index contributed by atoms with van der Waals surface area (Å²) in [5.74, 6) is -0.883. The zero-order valence-corrected chi connectivity index (χ0v) is 19.6. The summed E-state index contributed by atoms with van der Waals surface area (Å²) in [6, 6.07) is 9.54. The monoisotopic (exact) mass is 523 g/mol. The van der Waals surface area contributed by atoms with Gasteiger partial charge in [0.1, 0.15) is 19.0 Å². The molecule has 3 rings (SSSR count). The van der Waals surface area contributed by atoms with Gasteiger partial charge < -0.3 is 14.2 Å². The van der Waals surface area contributed by atoms with Crippen LogP contribution < -0.4 is 9.47 Å². The number of thioether (sulfide) groups is 1. The molecule has 0 aromatic heterocycles. The lowest BCUT2D eigenvalue weighted by atomic mass is 10.1. The Kier molecular flexibility index (Phi) is 7.92. The van der Waals surface area contributed by atoms with Crippen LogP contribution in [0.4, 0.5) is 9.18 Å². The average molecular weight is 524 g/mol. The van der Waals surface area contributed by atoms with Crippen LogP contribution in [0.2, 0.25) is 0 Å². The number of ether oxygens (including phenoxy) is 3. The molecular weight excluding hydrogens is 505 g/mol. The van der Waals surface area contributed by atoms with E-state index in [1.165, 1.54) is 19.3 Å². The Morgan fingerprint density at radius 1 is 1.22 bits per heavy atom. The first kappa shape index (κ1) is 23.8. The Labute approximate surface area is 196 Å². The molecule has 32 heavy (non-hydrogen) atoms. The summed E-state index contributed by atoms with van der Waals surface area (Å²) in [5, 5.41) is -0.553. The van der Waals surface area contributed by atoms with Crippen LogP contribution in [0, 0.1) is 5.82 Å². The predicted octanol–water partition coefficient (Wildman–Crippen LogP) is 4.78. The van der Waals surface area contributed by atoms with Gasteiger partial charge in [0.2, 0.25) is 0 Å². The second-order valence-corrected chi connectivity index (χ2v) is 8.33. The van der Waals surface area contributed by atoms with E-state index < -0.39 is 23.7 Å². The third-order valence-corrected chi connectivity index (χ3v) is 5.97. The number of hydrogen-bond donors (Lipinski definition) is 0. The van der Waals surface area contributed by atoms with Gasteiger partial charge >= 0.3 is 5.97 Å². The molecule has 1 heterocycles. The van der Waals surface area contributed by atoms with Crippen LogP contribution in [0.25, 0.3) is 6.08 Å². The summed E-state index contributed by atoms with van der Waals surface area (Å²) < 4.78 is 30.3. The molecule has 7 nitrogen and oxygen atoms in total. The molecule has 1 aliphatic heterocycles. The number of halogens is 2. The largest absolute Gasteiger partial charge is 0.493 e. The molecule has 0 saturated carbocycles. The summed E-state index contributed by atoms with van der Waals surface area (Å²) in [4.78, 5) is 37.4. The Morgan fingerprint density at radius 3 is 2.66 bits per heavy atom. The molecule has 0 spiro atoms. The summed E-state index contributed by atoms with van der Waals surface area (Å²) in [7, 11) is 1.45. The number of carbonyl (C=O) groups is 3. The number of hydrogen-bond acceptors (Lipinski definition) is 7. The Bertz CT molecular complexity index is 1090. The van der Waals surface area contributed by atoms with E-state index in [0.717, 1.165) is 16.7 Å². The van der Waals surface area contributed by atoms with Gasteiger partial charge in [-0.25, -0.2) is 4.39 Å². The Morgan fingerprint density at radius 2 is 1.97 bits per heavy atom. The summed E-state index contributed by atoms with van der Waals surface area (Å²) in [6.45, 7) is 1.36. The zero-order chi connectivity index (χ0) is 23.3. The van der Waals surface area contributed by atoms with Gasteiger partial charge in [0, 0.05) is 10.0 Å². The Hall–Kier alpha value is -2.85. The van der Waals surface area contributed by atoms with Crippen LogP contribution in [0.5, 0.6) is 11.5 Å². The molecule has 0 radical (unpaired) electrons. The van der Waals surface area contributed by atoms with Crippen LogP contribution in [0.1, 0.15) is 18.1 Å². The predicted molar refractivity (Wildman–Crippen MR) is 121 cm³/mol. The second kappa shape index (κ2) is 10.6. The minimum absolute atomic E-state index is 0.00156. The fourth-order valence-electron chi connectivity index (χ4n) is 2.82. The van der Waals surface area contributed by atoms with Gasteiger partial charge in [0.25, 0.3) is 11.1 Å². The van der Waals surface area contributed by atoms with Crippen molar-refractivity contribution in [3.8, 4) is 11.5 Å². The van der Waals surface area contributed by atoms with E-state index in [2.05, 4.69) is 15.9 Å². The molecule has 1 fully saturated rings. The molecule has 1 aliphatic rings. The van der Waals surface area contributed by atoms with Gasteiger partial charge in [-0.1, -0.05) is 34.1 Å². The molecule has 2 amide bonds. The third kappa shape index (κ3) is 5.49. The van der Waals surface area contributed by atoms with Crippen molar-refractivity contribution in [2.75, 3.05) is 20.3 Å². The quantitative estimate of drug-likeness (QED) is 0.363. The minimum atomic E-state index is -0.657. The first-order valence-corrected chi connectivity index (χ1v) is 11.1. The van der Waals surface area contributed by atoms with Crippen molar-refractivity contribution in [2.24, 2.45) is 0 Å². The van der Waals surface area contributed by atoms with Crippen molar-refractivity contribution in [1.82, 2.24) is 4.90 Å². The summed E-state index contributed by atoms with van der Waals surface area (Å²) in [5.41, 5.74) is 0.951. The van der Waals surface area contributed by atoms with Gasteiger partial charge in [0.05, 0.1) is 18.6 Å². The number of benzene rings is 2. The standard InChI is InChI=1S/C22H19BrFNO6S/c1-3-30-20(26)11-25-21(27)19(32-22(25)28)9-14-8-17(29-2)18(10-15(14)23)31-12-13-6-4-5-7-16(13)24/h4-10H,3,11-12H2,1-2H3/b19-9-. The van der Waals surface area contributed by atoms with E-state index in [9.17, 15) is 18.8 Å². The highest BCUT2D eigenvalue weighted by atomic mass is 79.9. The van der Waals surface area contributed by atoms with E-state index in [1.807, 2.05) is 0 Å². The molecule has 168 valence electrons. The normalized spacial score (nSPS) is 14.8. The highest BCUT2D eigenvalue weighted by molar-refractivity contribution is 9.10. The fourth-order valence-corrected chi connectivity index (χ4v) is 4.08. The van der Waals surface area contributed by atoms with Crippen molar-refractivity contribution in [2.45, 2.75) is 13.5 Å². The summed E-state index contributed by atoms with van der Waals surface area (Å²) in [6.07, 6.45) is 1.52. The van der Waals surface area contributed by atoms with Crippen molar-refractivity contribution in [1.29, 1.82) is 0 Å². The topological polar surface area (TPSA) is 82.1 Å². The molecule has 0 atom stereocenters. The third-order valence-electron chi connectivity index (χ3n) is 4.38. The van der Waals surface area contributed by atoms with Gasteiger partial charge in [-0.3, -0.25) is 19.3 Å². The lowest BCUT2D eigenvalue weighted by molar-refractivity contribution is -0.145. The molecule has 2 aromatic carbocycles. The van der Waals surface area contributed by atoms with Gasteiger partial charge in [-0.15, -0.1) is 0 Å². The number of esters is 1. The van der Waals surface area contributed by atoms with Crippen LogP contribution in [-0.4, -0.2) is 42.3 Å². The minimum Gasteiger partial charge on any atom is -0.493 e. The number of rotatable bonds is 8. The van der Waals surface area contributed by atoms with Crippen LogP contribution >= 0.6 is 27.7 Å². The molecule has 10 heteroatoms. The Balaban J connectivity index is 1.80. The van der Waals surface area contributed by atoms with Crippen LogP contribution in [0.15, 0.2) is 45.8 Å². The van der Waals surface area contributed by atoms with E-state index in [0.29, 0.717) is 27.1 Å². The van der Waals surface area contributed by atoms with Crippen molar-refractivity contribution in [3.63, 3.8) is 0 Å². The molecule has 0 unspecified atom stereocenters. The molecule has 0 bridgehead atoms. The lowest BCUT2D eigenvalue weighted by Gasteiger charge is -2.13. The van der Waals surface area contributed by atoms with E-state index in [4.69, 9.17) is 14.2 Å². The maximum atomic E-state index is 13.8. The SMILES string of the molecule is CCOC(=O)CN1C(=O)S/C(=C\c2cc(OC)c(OCc3ccccc3F)cc2Br)C1=O. The van der Waals surface area contributed by atoms with Gasteiger partial charge in [-0.05, 0) is 48.5 Å². The molecule has 0 aliphatic carbocycles. The van der Waals surface area contributed by atoms with Crippen LogP contribution in [0.3, 0.4) is 0 Å². The second-order valence-electron chi connectivity index (χ2n) is 6.48. The van der Waals surface area contributed by atoms with E-state index in [1.54, 1.807) is 37.3 Å². The van der Waals surface area contributed by atoms with E-state index >= 15 is 0 Å². The number of imide groups is 1. The van der Waals surface area contributed by atoms with E-state index in [-0.39, 0.29) is 23.9 Å². The summed E-state index contributed by atoms with van der Waals surface area (Å²) >= 11 is 4.15. The molecule has 0 N–H and O–H groups in total. The first-order valence-electron chi connectivity index (χ1n) is 9.48. The smallest absolute Gasteiger partial charge is 0.326 e. The number of nitrogens with zero attached hydrogens (tertiary/aromatic N) is 1. The highest BCUT2D eigenvalue weighted by Crippen LogP contribution is 2.38. The zero-order valence-electron chi connectivity index (χ0n) is 17.2. The maximum Gasteiger partial charge on any atom is 0.326 e. The molecule has 2 aromatic rings. The number of methoxy groups -OCH3 is 1. The van der Waals surface area contributed by atoms with Crippen molar-refractivity contribution in [3.05, 3.63) is 62.7 Å². The number of carbonyl (C=O) groups excluding carboxylic acids is 3. The van der Waals surface area contributed by atoms with Crippen molar-refractivity contribution >= 4 is 50.9 Å². The van der Waals surface area contributed by atoms with Crippen LogP contribution in [-0.2, 0) is 20.9 Å². The molecular formula is C22H19BrFNO6S. The van der Waals surface area contributed by atoms with Crippen molar-refractivity contribution < 1.29 is 33.0 Å². The lowest BCUT2D eigenvalue weighted by Crippen LogP contribution is -2.34. The van der Waals surface area contributed by atoms with Gasteiger partial charge in [0.15, 0.2) is 11.5 Å². The average Bonchev–Trinajstić information content (AvgIpc) is 3.02. The van der Waals surface area contributed by atoms with Gasteiger partial charge in [-0.2, -0.15) is 0 Å².